The number of aliphatic imine (C=N–C) groups is 1. The van der Waals surface area contributed by atoms with Crippen molar-refractivity contribution in [3.05, 3.63) is 29.8 Å². The molecule has 10 heteroatoms. The van der Waals surface area contributed by atoms with Gasteiger partial charge in [-0.1, -0.05) is 0 Å². The van der Waals surface area contributed by atoms with Gasteiger partial charge in [0.2, 0.25) is 0 Å². The second-order valence-electron chi connectivity index (χ2n) is 5.83. The van der Waals surface area contributed by atoms with Crippen molar-refractivity contribution in [3.63, 3.8) is 0 Å². The summed E-state index contributed by atoms with van der Waals surface area (Å²) in [6.45, 7) is 2.44. The second kappa shape index (κ2) is 9.65. The van der Waals surface area contributed by atoms with E-state index in [1.165, 1.54) is 18.4 Å². The van der Waals surface area contributed by atoms with Crippen molar-refractivity contribution >= 4 is 15.8 Å². The molecule has 0 spiro atoms. The molecule has 0 radical (unpaired) electrons. The lowest BCUT2D eigenvalue weighted by Gasteiger charge is -2.17. The van der Waals surface area contributed by atoms with Gasteiger partial charge in [0.1, 0.15) is 22.2 Å². The summed E-state index contributed by atoms with van der Waals surface area (Å²) in [5, 5.41) is 6.04. The van der Waals surface area contributed by atoms with E-state index in [2.05, 4.69) is 15.6 Å². The standard InChI is InChI=1S/C16H24F3N3O3S/c1-12(8-11-26(3,23)24)22-15(20-2)21-9-10-25-14-6-4-13(5-7-14)16(17,18)19/h4-7,12H,8-11H2,1-3H3,(H2,20,21,22). The Kier molecular flexibility index (Phi) is 8.19. The summed E-state index contributed by atoms with van der Waals surface area (Å²) in [7, 11) is -1.44. The van der Waals surface area contributed by atoms with Crippen LogP contribution in [-0.2, 0) is 16.0 Å². The van der Waals surface area contributed by atoms with Crippen LogP contribution in [0.25, 0.3) is 0 Å². The number of guanidine groups is 1. The fourth-order valence-electron chi connectivity index (χ4n) is 1.97. The van der Waals surface area contributed by atoms with E-state index >= 15 is 0 Å². The van der Waals surface area contributed by atoms with E-state index in [4.69, 9.17) is 4.74 Å². The monoisotopic (exact) mass is 395 g/mol. The van der Waals surface area contributed by atoms with Crippen LogP contribution < -0.4 is 15.4 Å². The molecule has 0 heterocycles. The molecule has 0 saturated carbocycles. The Morgan fingerprint density at radius 1 is 1.27 bits per heavy atom. The van der Waals surface area contributed by atoms with Gasteiger partial charge in [0.05, 0.1) is 17.9 Å². The molecule has 26 heavy (non-hydrogen) atoms. The Morgan fingerprint density at radius 2 is 1.88 bits per heavy atom. The van der Waals surface area contributed by atoms with Crippen LogP contribution in [0.15, 0.2) is 29.3 Å². The Bertz CT molecular complexity index is 689. The highest BCUT2D eigenvalue weighted by atomic mass is 32.2. The highest BCUT2D eigenvalue weighted by Gasteiger charge is 2.29. The predicted molar refractivity (Wildman–Crippen MR) is 95.2 cm³/mol. The van der Waals surface area contributed by atoms with Crippen molar-refractivity contribution in [1.29, 1.82) is 0 Å². The highest BCUT2D eigenvalue weighted by molar-refractivity contribution is 7.90. The molecule has 0 aliphatic rings. The van der Waals surface area contributed by atoms with E-state index in [0.29, 0.717) is 24.7 Å². The molecule has 6 nitrogen and oxygen atoms in total. The molecule has 0 saturated heterocycles. The van der Waals surface area contributed by atoms with Gasteiger partial charge < -0.3 is 15.4 Å². The number of benzene rings is 1. The van der Waals surface area contributed by atoms with E-state index in [9.17, 15) is 21.6 Å². The first-order chi connectivity index (χ1) is 12.0. The molecular weight excluding hydrogens is 371 g/mol. The van der Waals surface area contributed by atoms with Gasteiger partial charge in [0.25, 0.3) is 0 Å². The maximum Gasteiger partial charge on any atom is 0.416 e. The van der Waals surface area contributed by atoms with E-state index in [1.54, 1.807) is 7.05 Å². The number of halogens is 3. The Balaban J connectivity index is 2.34. The van der Waals surface area contributed by atoms with Crippen LogP contribution in [-0.4, -0.2) is 52.6 Å². The second-order valence-corrected chi connectivity index (χ2v) is 8.09. The van der Waals surface area contributed by atoms with Gasteiger partial charge in [-0.05, 0) is 37.6 Å². The molecule has 1 rings (SSSR count). The third-order valence-corrected chi connectivity index (χ3v) is 4.35. The van der Waals surface area contributed by atoms with Gasteiger partial charge in [0, 0.05) is 19.3 Å². The fraction of sp³-hybridized carbons (Fsp3) is 0.562. The minimum atomic E-state index is -4.37. The average molecular weight is 395 g/mol. The lowest BCUT2D eigenvalue weighted by Crippen LogP contribution is -2.44. The summed E-state index contributed by atoms with van der Waals surface area (Å²) < 4.78 is 65.1. The summed E-state index contributed by atoms with van der Waals surface area (Å²) in [6, 6.07) is 4.37. The molecule has 2 N–H and O–H groups in total. The Hall–Kier alpha value is -1.97. The van der Waals surface area contributed by atoms with Gasteiger partial charge in [0.15, 0.2) is 5.96 Å². The molecular formula is C16H24F3N3O3S. The summed E-state index contributed by atoms with van der Waals surface area (Å²) in [5.41, 5.74) is -0.726. The molecule has 0 aliphatic heterocycles. The predicted octanol–water partition coefficient (Wildman–Crippen LogP) is 2.07. The minimum absolute atomic E-state index is 0.0786. The van der Waals surface area contributed by atoms with Crippen molar-refractivity contribution in [1.82, 2.24) is 10.6 Å². The number of nitrogens with zero attached hydrogens (tertiary/aromatic N) is 1. The molecule has 0 fully saturated rings. The van der Waals surface area contributed by atoms with Crippen LogP contribution in [0, 0.1) is 0 Å². The van der Waals surface area contributed by atoms with Crippen LogP contribution in [0.2, 0.25) is 0 Å². The third kappa shape index (κ3) is 8.93. The SMILES string of the molecule is CN=C(NCCOc1ccc(C(F)(F)F)cc1)NC(C)CCS(C)(=O)=O. The van der Waals surface area contributed by atoms with Crippen molar-refractivity contribution in [3.8, 4) is 5.75 Å². The normalized spacial score (nSPS) is 14.0. The summed E-state index contributed by atoms with van der Waals surface area (Å²) in [4.78, 5) is 4.02. The van der Waals surface area contributed by atoms with Gasteiger partial charge in [-0.25, -0.2) is 8.42 Å². The number of ether oxygens (including phenoxy) is 1. The first kappa shape index (κ1) is 22.1. The van der Waals surface area contributed by atoms with E-state index in [1.807, 2.05) is 6.92 Å². The van der Waals surface area contributed by atoms with Crippen LogP contribution in [0.3, 0.4) is 0 Å². The van der Waals surface area contributed by atoms with Crippen LogP contribution in [0.1, 0.15) is 18.9 Å². The van der Waals surface area contributed by atoms with Crippen LogP contribution in [0.4, 0.5) is 13.2 Å². The first-order valence-electron chi connectivity index (χ1n) is 7.96. The van der Waals surface area contributed by atoms with Gasteiger partial charge in [-0.3, -0.25) is 4.99 Å². The lowest BCUT2D eigenvalue weighted by molar-refractivity contribution is -0.137. The van der Waals surface area contributed by atoms with Gasteiger partial charge in [-0.15, -0.1) is 0 Å². The zero-order valence-corrected chi connectivity index (χ0v) is 15.7. The molecule has 0 aromatic heterocycles. The van der Waals surface area contributed by atoms with Crippen molar-refractivity contribution < 1.29 is 26.3 Å². The Labute approximate surface area is 151 Å². The van der Waals surface area contributed by atoms with Crippen LogP contribution >= 0.6 is 0 Å². The average Bonchev–Trinajstić information content (AvgIpc) is 2.54. The minimum Gasteiger partial charge on any atom is -0.492 e. The molecule has 148 valence electrons. The van der Waals surface area contributed by atoms with E-state index in [-0.39, 0.29) is 18.4 Å². The fourth-order valence-corrected chi connectivity index (χ4v) is 2.75. The molecule has 1 unspecified atom stereocenters. The maximum absolute atomic E-state index is 12.5. The number of hydrogen-bond acceptors (Lipinski definition) is 4. The molecule has 1 atom stereocenters. The quantitative estimate of drug-likeness (QED) is 0.400. The maximum atomic E-state index is 12.5. The zero-order valence-electron chi connectivity index (χ0n) is 14.9. The third-order valence-electron chi connectivity index (χ3n) is 3.37. The summed E-state index contributed by atoms with van der Waals surface area (Å²) >= 11 is 0. The van der Waals surface area contributed by atoms with E-state index in [0.717, 1.165) is 12.1 Å². The number of hydrogen-bond donors (Lipinski definition) is 2. The lowest BCUT2D eigenvalue weighted by atomic mass is 10.2. The largest absolute Gasteiger partial charge is 0.492 e. The molecule has 0 bridgehead atoms. The number of rotatable bonds is 8. The smallest absolute Gasteiger partial charge is 0.416 e. The summed E-state index contributed by atoms with van der Waals surface area (Å²) in [5.74, 6) is 0.904. The van der Waals surface area contributed by atoms with Crippen molar-refractivity contribution in [2.45, 2.75) is 25.6 Å². The number of nitrogens with one attached hydrogen (secondary N) is 2. The van der Waals surface area contributed by atoms with Gasteiger partial charge in [-0.2, -0.15) is 13.2 Å². The Morgan fingerprint density at radius 3 is 2.38 bits per heavy atom. The molecule has 1 aromatic carbocycles. The first-order valence-corrected chi connectivity index (χ1v) is 10.0. The number of sulfone groups is 1. The molecule has 0 aliphatic carbocycles. The highest BCUT2D eigenvalue weighted by Crippen LogP contribution is 2.30. The van der Waals surface area contributed by atoms with Crippen molar-refractivity contribution in [2.75, 3.05) is 32.2 Å². The van der Waals surface area contributed by atoms with E-state index < -0.39 is 21.6 Å². The van der Waals surface area contributed by atoms with Crippen molar-refractivity contribution in [2.24, 2.45) is 4.99 Å². The topological polar surface area (TPSA) is 79.8 Å². The summed E-state index contributed by atoms with van der Waals surface area (Å²) in [6.07, 6.45) is -2.74. The van der Waals surface area contributed by atoms with Crippen LogP contribution in [0.5, 0.6) is 5.75 Å². The zero-order chi connectivity index (χ0) is 19.8. The molecule has 0 amide bonds. The molecule has 1 aromatic rings. The van der Waals surface area contributed by atoms with Gasteiger partial charge >= 0.3 is 6.18 Å². The number of alkyl halides is 3.